The molecule has 0 amide bonds. The second-order valence-electron chi connectivity index (χ2n) is 4.22. The number of carboxylic acid groups (broad SMARTS) is 1. The molecule has 20 heavy (non-hydrogen) atoms. The molecule has 1 unspecified atom stereocenters. The maximum absolute atomic E-state index is 12.1. The van der Waals surface area contributed by atoms with Crippen LogP contribution in [0, 0.1) is 0 Å². The summed E-state index contributed by atoms with van der Waals surface area (Å²) in [5.41, 5.74) is 0. The molecule has 2 N–H and O–H groups in total. The fourth-order valence-electron chi connectivity index (χ4n) is 1.60. The molecule has 1 aromatic rings. The van der Waals surface area contributed by atoms with Crippen molar-refractivity contribution in [1.29, 1.82) is 0 Å². The summed E-state index contributed by atoms with van der Waals surface area (Å²) in [6.45, 7) is 2.32. The molecule has 0 saturated carbocycles. The number of aliphatic carboxylic acids is 1. The number of methoxy groups -OCH3 is 1. The molecule has 0 spiro atoms. The van der Waals surface area contributed by atoms with Gasteiger partial charge in [0.05, 0.1) is 0 Å². The van der Waals surface area contributed by atoms with Gasteiger partial charge in [0.15, 0.2) is 0 Å². The molecule has 6 nitrogen and oxygen atoms in total. The lowest BCUT2D eigenvalue weighted by Gasteiger charge is -2.13. The number of thiophene rings is 1. The number of carboxylic acids is 1. The van der Waals surface area contributed by atoms with Crippen molar-refractivity contribution in [3.8, 4) is 0 Å². The minimum absolute atomic E-state index is 0.146. The van der Waals surface area contributed by atoms with Gasteiger partial charge in [0.2, 0.25) is 0 Å². The Bertz CT molecular complexity index is 538. The van der Waals surface area contributed by atoms with E-state index in [1.54, 1.807) is 6.07 Å². The van der Waals surface area contributed by atoms with Crippen LogP contribution in [0.5, 0.6) is 0 Å². The zero-order valence-corrected chi connectivity index (χ0v) is 13.1. The fraction of sp³-hybridized carbons (Fsp3) is 0.583. The molecule has 1 atom stereocenters. The van der Waals surface area contributed by atoms with E-state index >= 15 is 0 Å². The highest BCUT2D eigenvalue weighted by molar-refractivity contribution is 7.91. The molecule has 0 bridgehead atoms. The van der Waals surface area contributed by atoms with Crippen LogP contribution in [-0.4, -0.2) is 39.3 Å². The first-order chi connectivity index (χ1) is 9.40. The lowest BCUT2D eigenvalue weighted by Crippen LogP contribution is -2.40. The zero-order valence-electron chi connectivity index (χ0n) is 11.5. The Morgan fingerprint density at radius 3 is 2.70 bits per heavy atom. The van der Waals surface area contributed by atoms with Crippen molar-refractivity contribution in [3.63, 3.8) is 0 Å². The molecule has 1 rings (SSSR count). The van der Waals surface area contributed by atoms with Gasteiger partial charge in [0.25, 0.3) is 10.0 Å². The molecule has 0 aliphatic carbocycles. The predicted octanol–water partition coefficient (Wildman–Crippen LogP) is 1.47. The molecule has 0 fully saturated rings. The monoisotopic (exact) mass is 321 g/mol. The minimum atomic E-state index is -3.78. The Hall–Kier alpha value is -0.960. The van der Waals surface area contributed by atoms with E-state index in [4.69, 9.17) is 9.84 Å². The van der Waals surface area contributed by atoms with E-state index in [2.05, 4.69) is 4.72 Å². The highest BCUT2D eigenvalue weighted by Gasteiger charge is 2.26. The van der Waals surface area contributed by atoms with Crippen molar-refractivity contribution in [2.75, 3.05) is 13.7 Å². The van der Waals surface area contributed by atoms with E-state index in [-0.39, 0.29) is 10.6 Å². The van der Waals surface area contributed by atoms with Crippen molar-refractivity contribution in [3.05, 3.63) is 17.0 Å². The Morgan fingerprint density at radius 2 is 2.20 bits per heavy atom. The van der Waals surface area contributed by atoms with Gasteiger partial charge in [-0.1, -0.05) is 6.92 Å². The van der Waals surface area contributed by atoms with Crippen LogP contribution >= 0.6 is 11.3 Å². The first-order valence-corrected chi connectivity index (χ1v) is 8.53. The maximum atomic E-state index is 12.1. The molecule has 0 aliphatic heterocycles. The summed E-state index contributed by atoms with van der Waals surface area (Å²) in [7, 11) is -2.27. The molecule has 114 valence electrons. The second kappa shape index (κ2) is 7.72. The Kier molecular flexibility index (Phi) is 6.60. The van der Waals surface area contributed by atoms with Gasteiger partial charge in [-0.15, -0.1) is 11.3 Å². The number of hydrogen-bond donors (Lipinski definition) is 2. The van der Waals surface area contributed by atoms with Gasteiger partial charge in [-0.05, 0) is 31.4 Å². The van der Waals surface area contributed by atoms with E-state index in [1.165, 1.54) is 13.2 Å². The van der Waals surface area contributed by atoms with Gasteiger partial charge in [0, 0.05) is 18.6 Å². The molecule has 1 aromatic heterocycles. The normalized spacial score (nSPS) is 13.3. The zero-order chi connectivity index (χ0) is 15.2. The minimum Gasteiger partial charge on any atom is -0.480 e. The molecule has 0 aromatic carbocycles. The SMILES string of the molecule is CCc1ccc(S(=O)(=O)NC(CCCOC)C(=O)O)s1. The Balaban J connectivity index is 2.77. The van der Waals surface area contributed by atoms with Crippen molar-refractivity contribution < 1.29 is 23.1 Å². The fourth-order valence-corrected chi connectivity index (χ4v) is 4.14. The summed E-state index contributed by atoms with van der Waals surface area (Å²) in [5.74, 6) is -1.18. The summed E-state index contributed by atoms with van der Waals surface area (Å²) < 4.78 is 31.4. The molecule has 8 heteroatoms. The van der Waals surface area contributed by atoms with Crippen molar-refractivity contribution in [2.24, 2.45) is 0 Å². The van der Waals surface area contributed by atoms with Gasteiger partial charge in [-0.25, -0.2) is 8.42 Å². The summed E-state index contributed by atoms with van der Waals surface area (Å²) in [6.07, 6.45) is 1.41. The van der Waals surface area contributed by atoms with Crippen molar-refractivity contribution in [1.82, 2.24) is 4.72 Å². The topological polar surface area (TPSA) is 92.7 Å². The highest BCUT2D eigenvalue weighted by Crippen LogP contribution is 2.22. The average Bonchev–Trinajstić information content (AvgIpc) is 2.87. The van der Waals surface area contributed by atoms with Gasteiger partial charge in [-0.2, -0.15) is 4.72 Å². The summed E-state index contributed by atoms with van der Waals surface area (Å²) in [4.78, 5) is 12.0. The molecule has 1 heterocycles. The van der Waals surface area contributed by atoms with E-state index in [0.717, 1.165) is 22.6 Å². The third-order valence-corrected chi connectivity index (χ3v) is 5.88. The predicted molar refractivity (Wildman–Crippen MR) is 76.6 cm³/mol. The highest BCUT2D eigenvalue weighted by atomic mass is 32.2. The lowest BCUT2D eigenvalue weighted by atomic mass is 10.2. The van der Waals surface area contributed by atoms with Gasteiger partial charge in [-0.3, -0.25) is 4.79 Å². The van der Waals surface area contributed by atoms with Crippen LogP contribution in [0.25, 0.3) is 0 Å². The van der Waals surface area contributed by atoms with E-state index in [0.29, 0.717) is 13.0 Å². The lowest BCUT2D eigenvalue weighted by molar-refractivity contribution is -0.139. The van der Waals surface area contributed by atoms with Crippen LogP contribution < -0.4 is 4.72 Å². The van der Waals surface area contributed by atoms with Gasteiger partial charge in [0.1, 0.15) is 10.3 Å². The van der Waals surface area contributed by atoms with Crippen molar-refractivity contribution in [2.45, 2.75) is 36.4 Å². The number of aryl methyl sites for hydroxylation is 1. The number of hydrogen-bond acceptors (Lipinski definition) is 5. The summed E-state index contributed by atoms with van der Waals surface area (Å²) in [6, 6.07) is 2.10. The average molecular weight is 321 g/mol. The van der Waals surface area contributed by atoms with E-state index in [1.807, 2.05) is 6.92 Å². The number of ether oxygens (including phenoxy) is 1. The quantitative estimate of drug-likeness (QED) is 0.672. The number of sulfonamides is 1. The summed E-state index contributed by atoms with van der Waals surface area (Å²) >= 11 is 1.15. The van der Waals surface area contributed by atoms with E-state index < -0.39 is 22.0 Å². The van der Waals surface area contributed by atoms with Crippen molar-refractivity contribution >= 4 is 27.3 Å². The smallest absolute Gasteiger partial charge is 0.321 e. The van der Waals surface area contributed by atoms with Crippen LogP contribution in [0.1, 0.15) is 24.6 Å². The first-order valence-electron chi connectivity index (χ1n) is 6.23. The third kappa shape index (κ3) is 4.86. The first kappa shape index (κ1) is 17.1. The number of rotatable bonds is 9. The van der Waals surface area contributed by atoms with Crippen LogP contribution in [-0.2, 0) is 26.0 Å². The number of nitrogens with one attached hydrogen (secondary N) is 1. The maximum Gasteiger partial charge on any atom is 0.321 e. The Labute approximate surface area is 122 Å². The molecule has 0 radical (unpaired) electrons. The molecular formula is C12H19NO5S2. The van der Waals surface area contributed by atoms with E-state index in [9.17, 15) is 13.2 Å². The van der Waals surface area contributed by atoms with Crippen LogP contribution in [0.4, 0.5) is 0 Å². The summed E-state index contributed by atoms with van der Waals surface area (Å²) in [5, 5.41) is 9.07. The third-order valence-electron chi connectivity index (χ3n) is 2.69. The largest absolute Gasteiger partial charge is 0.480 e. The van der Waals surface area contributed by atoms with Gasteiger partial charge >= 0.3 is 5.97 Å². The second-order valence-corrected chi connectivity index (χ2v) is 7.33. The molecular weight excluding hydrogens is 302 g/mol. The number of carbonyl (C=O) groups is 1. The molecule has 0 aliphatic rings. The van der Waals surface area contributed by atoms with Crippen LogP contribution in [0.2, 0.25) is 0 Å². The molecule has 0 saturated heterocycles. The van der Waals surface area contributed by atoms with Gasteiger partial charge < -0.3 is 9.84 Å². The van der Waals surface area contributed by atoms with Crippen LogP contribution in [0.3, 0.4) is 0 Å². The van der Waals surface area contributed by atoms with Crippen LogP contribution in [0.15, 0.2) is 16.3 Å². The standard InChI is InChI=1S/C12H19NO5S2/c1-3-9-6-7-11(19-9)20(16,17)13-10(12(14)15)5-4-8-18-2/h6-7,10,13H,3-5,8H2,1-2H3,(H,14,15). The Morgan fingerprint density at radius 1 is 1.50 bits per heavy atom.